The number of nitrogens with two attached hydrogens (primary N) is 1. The topological polar surface area (TPSA) is 46.1 Å². The molecule has 0 aromatic heterocycles. The summed E-state index contributed by atoms with van der Waals surface area (Å²) >= 11 is 0. The van der Waals surface area contributed by atoms with Crippen LogP contribution in [0.1, 0.15) is 24.2 Å². The Hall–Kier alpha value is -2.10. The molecule has 116 valence electrons. The minimum atomic E-state index is -0.462. The fraction of sp³-hybridized carbons (Fsp3) is 0.263. The fourth-order valence-corrected chi connectivity index (χ4v) is 2.28. The molecule has 3 heteroatoms. The number of rotatable bonds is 8. The Morgan fingerprint density at radius 2 is 1.82 bits per heavy atom. The third kappa shape index (κ3) is 4.72. The first-order chi connectivity index (χ1) is 10.7. The molecule has 2 aromatic carbocycles. The summed E-state index contributed by atoms with van der Waals surface area (Å²) in [4.78, 5) is 0. The number of aliphatic hydroxyl groups is 1. The monoisotopic (exact) mass is 298 g/mol. The van der Waals surface area contributed by atoms with E-state index in [1.807, 2.05) is 49.4 Å². The summed E-state index contributed by atoms with van der Waals surface area (Å²) in [5.74, 6) is 0.848. The van der Waals surface area contributed by atoms with E-state index in [9.17, 15) is 5.11 Å². The van der Waals surface area contributed by atoms with Crippen molar-refractivity contribution < 1.29 is 15.2 Å². The highest BCUT2D eigenvalue weighted by Gasteiger charge is 2.18. The zero-order valence-electron chi connectivity index (χ0n) is 13.0. The lowest BCUT2D eigenvalue weighted by atomic mass is 10.0. The molecule has 0 aliphatic carbocycles. The Bertz CT molecular complexity index is 566. The Morgan fingerprint density at radius 3 is 2.45 bits per heavy atom. The molecule has 0 saturated heterocycles. The first kappa shape index (κ1) is 16.3. The second-order valence-electron chi connectivity index (χ2n) is 5.40. The van der Waals surface area contributed by atoms with Crippen LogP contribution in [0.3, 0.4) is 0 Å². The van der Waals surface area contributed by atoms with E-state index < -0.39 is 6.10 Å². The van der Waals surface area contributed by atoms with Crippen molar-refractivity contribution in [2.75, 3.05) is 6.61 Å². The van der Waals surface area contributed by atoms with Crippen LogP contribution >= 0.6 is 0 Å². The van der Waals surface area contributed by atoms with Gasteiger partial charge in [-0.3, -0.25) is 0 Å². The first-order valence-electron chi connectivity index (χ1n) is 7.59. The molecule has 0 heterocycles. The predicted octanol–water partition coefficient (Wildman–Crippen LogP) is 2.44. The van der Waals surface area contributed by atoms with Gasteiger partial charge in [-0.2, -0.15) is 0 Å². The minimum absolute atomic E-state index is 0.0964. The highest BCUT2D eigenvalue weighted by Crippen LogP contribution is 2.14. The molecule has 0 aliphatic rings. The summed E-state index contributed by atoms with van der Waals surface area (Å²) in [6.45, 7) is 7.02. The van der Waals surface area contributed by atoms with Crippen molar-refractivity contribution in [3.8, 4) is 5.75 Å². The van der Waals surface area contributed by atoms with Gasteiger partial charge < -0.3 is 15.2 Å². The standard InChI is InChI=1S/C19H23NO2/c1-3-13-22-18-11-9-16(10-12-18)14-20-15(2)19(21)17-7-5-4-6-8-17/h3-12,15,19-21H,1,13-14H2,2H3/p+1/t15-,19-/m0/s1. The lowest BCUT2D eigenvalue weighted by Gasteiger charge is -2.18. The van der Waals surface area contributed by atoms with E-state index in [1.54, 1.807) is 6.08 Å². The van der Waals surface area contributed by atoms with Crippen molar-refractivity contribution in [1.82, 2.24) is 0 Å². The van der Waals surface area contributed by atoms with Crippen molar-refractivity contribution >= 4 is 0 Å². The maximum atomic E-state index is 10.3. The zero-order valence-corrected chi connectivity index (χ0v) is 13.0. The van der Waals surface area contributed by atoms with Crippen molar-refractivity contribution in [2.24, 2.45) is 0 Å². The molecule has 0 unspecified atom stereocenters. The maximum absolute atomic E-state index is 10.3. The number of ether oxygens (including phenoxy) is 1. The molecule has 2 atom stereocenters. The molecule has 3 nitrogen and oxygen atoms in total. The Labute approximate surface area is 132 Å². The van der Waals surface area contributed by atoms with Gasteiger partial charge >= 0.3 is 0 Å². The van der Waals surface area contributed by atoms with Gasteiger partial charge in [-0.15, -0.1) is 0 Å². The van der Waals surface area contributed by atoms with Crippen LogP contribution < -0.4 is 10.1 Å². The van der Waals surface area contributed by atoms with E-state index in [2.05, 4.69) is 24.0 Å². The van der Waals surface area contributed by atoms with Crippen LogP contribution in [0, 0.1) is 0 Å². The summed E-state index contributed by atoms with van der Waals surface area (Å²) < 4.78 is 5.46. The van der Waals surface area contributed by atoms with Gasteiger partial charge in [0.2, 0.25) is 0 Å². The van der Waals surface area contributed by atoms with Gasteiger partial charge in [0.05, 0.1) is 0 Å². The van der Waals surface area contributed by atoms with Crippen LogP contribution in [-0.2, 0) is 6.54 Å². The molecular weight excluding hydrogens is 274 g/mol. The molecule has 0 saturated carbocycles. The quantitative estimate of drug-likeness (QED) is 0.735. The van der Waals surface area contributed by atoms with Crippen LogP contribution in [0.15, 0.2) is 67.3 Å². The van der Waals surface area contributed by atoms with Crippen molar-refractivity contribution in [1.29, 1.82) is 0 Å². The first-order valence-corrected chi connectivity index (χ1v) is 7.59. The van der Waals surface area contributed by atoms with Gasteiger partial charge in [0.25, 0.3) is 0 Å². The lowest BCUT2D eigenvalue weighted by Crippen LogP contribution is -2.88. The van der Waals surface area contributed by atoms with E-state index >= 15 is 0 Å². The molecule has 0 fully saturated rings. The summed E-state index contributed by atoms with van der Waals surface area (Å²) in [6, 6.07) is 17.9. The molecule has 0 aliphatic heterocycles. The highest BCUT2D eigenvalue weighted by molar-refractivity contribution is 5.27. The van der Waals surface area contributed by atoms with Crippen LogP contribution in [0.5, 0.6) is 5.75 Å². The molecule has 2 rings (SSSR count). The highest BCUT2D eigenvalue weighted by atomic mass is 16.5. The van der Waals surface area contributed by atoms with Gasteiger partial charge in [-0.25, -0.2) is 0 Å². The Morgan fingerprint density at radius 1 is 1.14 bits per heavy atom. The average Bonchev–Trinajstić information content (AvgIpc) is 2.58. The zero-order chi connectivity index (χ0) is 15.8. The van der Waals surface area contributed by atoms with E-state index in [1.165, 1.54) is 5.56 Å². The van der Waals surface area contributed by atoms with Gasteiger partial charge in [-0.05, 0) is 36.8 Å². The summed E-state index contributed by atoms with van der Waals surface area (Å²) in [5, 5.41) is 12.5. The van der Waals surface area contributed by atoms with Crippen molar-refractivity contribution in [3.05, 3.63) is 78.4 Å². The molecule has 0 amide bonds. The van der Waals surface area contributed by atoms with E-state index in [0.717, 1.165) is 17.9 Å². The van der Waals surface area contributed by atoms with Crippen molar-refractivity contribution in [3.63, 3.8) is 0 Å². The van der Waals surface area contributed by atoms with Gasteiger partial charge in [0, 0.05) is 5.56 Å². The second kappa shape index (κ2) is 8.37. The SMILES string of the molecule is C=CCOc1ccc(C[NH2+][C@@H](C)[C@H](O)c2ccccc2)cc1. The van der Waals surface area contributed by atoms with Gasteiger partial charge in [0.1, 0.15) is 31.0 Å². The number of quaternary nitrogens is 1. The minimum Gasteiger partial charge on any atom is -0.490 e. The molecular formula is C19H24NO2+. The molecule has 0 bridgehead atoms. The third-order valence-corrected chi connectivity index (χ3v) is 3.66. The van der Waals surface area contributed by atoms with Crippen LogP contribution in [0.25, 0.3) is 0 Å². The number of aliphatic hydroxyl groups excluding tert-OH is 1. The fourth-order valence-electron chi connectivity index (χ4n) is 2.28. The van der Waals surface area contributed by atoms with Crippen LogP contribution in [0.4, 0.5) is 0 Å². The summed E-state index contributed by atoms with van der Waals surface area (Å²) in [5.41, 5.74) is 2.16. The molecule has 0 radical (unpaired) electrons. The summed E-state index contributed by atoms with van der Waals surface area (Å²) in [7, 11) is 0. The van der Waals surface area contributed by atoms with E-state index in [-0.39, 0.29) is 6.04 Å². The summed E-state index contributed by atoms with van der Waals surface area (Å²) in [6.07, 6.45) is 1.27. The average molecular weight is 298 g/mol. The maximum Gasteiger partial charge on any atom is 0.130 e. The number of benzene rings is 2. The van der Waals surface area contributed by atoms with Gasteiger partial charge in [0.15, 0.2) is 0 Å². The Balaban J connectivity index is 1.85. The molecule has 0 spiro atoms. The third-order valence-electron chi connectivity index (χ3n) is 3.66. The van der Waals surface area contributed by atoms with E-state index in [0.29, 0.717) is 6.61 Å². The largest absolute Gasteiger partial charge is 0.490 e. The number of hydrogen-bond donors (Lipinski definition) is 2. The molecule has 22 heavy (non-hydrogen) atoms. The van der Waals surface area contributed by atoms with Crippen molar-refractivity contribution in [2.45, 2.75) is 25.6 Å². The number of hydrogen-bond acceptors (Lipinski definition) is 2. The molecule has 2 aromatic rings. The second-order valence-corrected chi connectivity index (χ2v) is 5.40. The van der Waals surface area contributed by atoms with Crippen LogP contribution in [0.2, 0.25) is 0 Å². The normalized spacial score (nSPS) is 13.4. The van der Waals surface area contributed by atoms with Crippen LogP contribution in [-0.4, -0.2) is 17.8 Å². The van der Waals surface area contributed by atoms with Gasteiger partial charge in [-0.1, -0.05) is 43.0 Å². The smallest absolute Gasteiger partial charge is 0.130 e. The Kier molecular flexibility index (Phi) is 6.19. The van der Waals surface area contributed by atoms with E-state index in [4.69, 9.17) is 4.74 Å². The predicted molar refractivity (Wildman–Crippen MR) is 88.6 cm³/mol. The lowest BCUT2D eigenvalue weighted by molar-refractivity contribution is -0.709. The molecule has 3 N–H and O–H groups in total.